The number of benzene rings is 6. The van der Waals surface area contributed by atoms with Crippen molar-refractivity contribution in [3.63, 3.8) is 0 Å². The molecule has 0 saturated carbocycles. The Morgan fingerprint density at radius 1 is 0.534 bits per heavy atom. The first-order valence-electron chi connectivity index (χ1n) is 25.3. The Morgan fingerprint density at radius 3 is 1.25 bits per heavy atom. The maximum Gasteiger partial charge on any atom is 0.251 e. The number of aromatic nitrogens is 2. The summed E-state index contributed by atoms with van der Waals surface area (Å²) in [6.07, 6.45) is 6.21. The van der Waals surface area contributed by atoms with E-state index in [9.17, 15) is 19.2 Å². The normalized spacial score (nSPS) is 13.6. The molecule has 0 bridgehead atoms. The largest absolute Gasteiger partial charge is 0.367 e. The van der Waals surface area contributed by atoms with Crippen molar-refractivity contribution in [2.24, 2.45) is 17.2 Å². The zero-order valence-electron chi connectivity index (χ0n) is 42.4. The van der Waals surface area contributed by atoms with Gasteiger partial charge in [0.25, 0.3) is 5.91 Å². The van der Waals surface area contributed by atoms with Gasteiger partial charge in [0.05, 0.1) is 5.69 Å². The Hall–Kier alpha value is -8.19. The van der Waals surface area contributed by atoms with Gasteiger partial charge in [0, 0.05) is 96.9 Å². The second kappa shape index (κ2) is 23.4. The molecule has 1 aromatic heterocycles. The molecule has 0 unspecified atom stereocenters. The maximum atomic E-state index is 11.6. The van der Waals surface area contributed by atoms with E-state index in [1.165, 1.54) is 44.8 Å². The molecule has 0 spiro atoms. The van der Waals surface area contributed by atoms with Gasteiger partial charge in [-0.05, 0) is 163 Å². The molecule has 0 atom stereocenters. The van der Waals surface area contributed by atoms with Gasteiger partial charge < -0.3 is 37.2 Å². The maximum absolute atomic E-state index is 11.6. The number of H-pyrrole nitrogens is 1. The number of nitrogens with two attached hydrogens (primary N) is 3. The number of fused-ring (bicyclic) bond motifs is 3. The number of hydrogen-bond acceptors (Lipinski definition) is 8. The Balaban J connectivity index is 0.000000146. The fourth-order valence-corrected chi connectivity index (χ4v) is 9.90. The van der Waals surface area contributed by atoms with Crippen LogP contribution < -0.4 is 37.2 Å². The second-order valence-electron chi connectivity index (χ2n) is 19.5. The minimum Gasteiger partial charge on any atom is -0.367 e. The Kier molecular flexibility index (Phi) is 16.4. The highest BCUT2D eigenvalue weighted by Crippen LogP contribution is 2.33. The molecule has 3 aliphatic rings. The van der Waals surface area contributed by atoms with Crippen molar-refractivity contribution in [1.82, 2.24) is 15.5 Å². The predicted octanol–water partition coefficient (Wildman–Crippen LogP) is 9.40. The van der Waals surface area contributed by atoms with Crippen LogP contribution in [0.5, 0.6) is 0 Å². The first kappa shape index (κ1) is 51.2. The molecular formula is C60H67N9O4. The van der Waals surface area contributed by atoms with Gasteiger partial charge in [-0.2, -0.15) is 5.10 Å². The topological polar surface area (TPSA) is 197 Å². The zero-order valence-corrected chi connectivity index (χ0v) is 42.4. The summed E-state index contributed by atoms with van der Waals surface area (Å²) in [4.78, 5) is 52.8. The highest BCUT2D eigenvalue weighted by atomic mass is 16.2. The number of rotatable bonds is 12. The number of carbonyl (C=O) groups excluding carboxylic acids is 4. The summed E-state index contributed by atoms with van der Waals surface area (Å²) < 4.78 is 0. The average molecular weight is 978 g/mol. The van der Waals surface area contributed by atoms with E-state index in [0.29, 0.717) is 28.2 Å². The van der Waals surface area contributed by atoms with E-state index >= 15 is 0 Å². The van der Waals surface area contributed by atoms with E-state index in [1.807, 2.05) is 85.8 Å². The van der Waals surface area contributed by atoms with Crippen LogP contribution in [0.4, 0.5) is 17.1 Å². The van der Waals surface area contributed by atoms with Crippen molar-refractivity contribution in [3.05, 3.63) is 200 Å². The molecule has 4 heterocycles. The van der Waals surface area contributed by atoms with Crippen LogP contribution in [0.25, 0.3) is 11.3 Å². The predicted molar refractivity (Wildman–Crippen MR) is 292 cm³/mol. The molecule has 13 heteroatoms. The van der Waals surface area contributed by atoms with Gasteiger partial charge in [-0.1, -0.05) is 74.5 Å². The summed E-state index contributed by atoms with van der Waals surface area (Å²) in [5, 5.41) is 9.91. The van der Waals surface area contributed by atoms with E-state index in [2.05, 4.69) is 92.6 Å². The minimum atomic E-state index is -0.389. The Bertz CT molecular complexity index is 3070. The Morgan fingerprint density at radius 2 is 0.904 bits per heavy atom. The van der Waals surface area contributed by atoms with E-state index in [4.69, 9.17) is 17.2 Å². The number of aryl methyl sites for hydroxylation is 4. The van der Waals surface area contributed by atoms with Crippen molar-refractivity contribution >= 4 is 40.7 Å². The van der Waals surface area contributed by atoms with Crippen molar-refractivity contribution in [2.75, 3.05) is 41.4 Å². The standard InChI is InChI=1S/C21H22N4O.C20H24N2O.C19H21N3O2/c1-14-11-19(24-23-14)16-6-4-15(5-7-16)13-25-10-2-3-17-12-18(21(22)26)8-9-20(17)25;1-14(2)16-7-5-15(6-8-16)13-22-11-3-4-17-12-18(20(21)23)9-10-19(17)22;1-21-19(24)14-6-4-13(5-7-14)12-22-10-2-3-15-11-16(18(20)23)8-9-17(15)22/h4-9,11-12H,2-3,10,13H2,1H3,(H2,22,26)(H,23,24);5-10,12,14H,3-4,11,13H2,1-2H3,(H2,21,23);4-9,11H,2-3,10,12H2,1H3,(H2,20,23)(H,21,24). The van der Waals surface area contributed by atoms with E-state index in [1.54, 1.807) is 13.1 Å². The molecule has 10 rings (SSSR count). The van der Waals surface area contributed by atoms with Gasteiger partial charge in [0.1, 0.15) is 0 Å². The van der Waals surface area contributed by atoms with Crippen LogP contribution in [0.15, 0.2) is 133 Å². The molecule has 0 radical (unpaired) electrons. The quantitative estimate of drug-likeness (QED) is 0.0798. The first-order chi connectivity index (χ1) is 35.2. The van der Waals surface area contributed by atoms with Crippen LogP contribution in [-0.4, -0.2) is 60.5 Å². The number of amides is 4. The van der Waals surface area contributed by atoms with Gasteiger partial charge in [0.2, 0.25) is 17.7 Å². The number of anilines is 3. The lowest BCUT2D eigenvalue weighted by atomic mass is 9.97. The van der Waals surface area contributed by atoms with Gasteiger partial charge in [-0.25, -0.2) is 0 Å². The smallest absolute Gasteiger partial charge is 0.251 e. The zero-order chi connectivity index (χ0) is 51.6. The Labute approximate surface area is 428 Å². The van der Waals surface area contributed by atoms with Gasteiger partial charge in [-0.15, -0.1) is 0 Å². The lowest BCUT2D eigenvalue weighted by molar-refractivity contribution is 0.0959. The third kappa shape index (κ3) is 12.8. The number of carbonyl (C=O) groups is 4. The molecule has 0 aliphatic carbocycles. The molecule has 6 aromatic carbocycles. The van der Waals surface area contributed by atoms with Crippen LogP contribution in [-0.2, 0) is 38.9 Å². The van der Waals surface area contributed by atoms with Crippen molar-refractivity contribution in [3.8, 4) is 11.3 Å². The number of hydrogen-bond donors (Lipinski definition) is 5. The second-order valence-corrected chi connectivity index (χ2v) is 19.5. The van der Waals surface area contributed by atoms with Crippen LogP contribution in [0, 0.1) is 6.92 Å². The summed E-state index contributed by atoms with van der Waals surface area (Å²) in [6, 6.07) is 44.4. The summed E-state index contributed by atoms with van der Waals surface area (Å²) >= 11 is 0. The molecule has 0 saturated heterocycles. The molecule has 7 aromatic rings. The molecule has 3 aliphatic heterocycles. The van der Waals surface area contributed by atoms with Crippen molar-refractivity contribution in [1.29, 1.82) is 0 Å². The van der Waals surface area contributed by atoms with Crippen LogP contribution in [0.3, 0.4) is 0 Å². The lowest BCUT2D eigenvalue weighted by Crippen LogP contribution is -2.29. The molecule has 4 amide bonds. The van der Waals surface area contributed by atoms with Crippen molar-refractivity contribution < 1.29 is 19.2 Å². The monoisotopic (exact) mass is 978 g/mol. The molecule has 376 valence electrons. The van der Waals surface area contributed by atoms with Gasteiger partial charge >= 0.3 is 0 Å². The SMILES string of the molecule is CC(C)c1ccc(CN2CCCc3cc(C(N)=O)ccc32)cc1.CNC(=O)c1ccc(CN2CCCc3cc(C(N)=O)ccc32)cc1.Cc1cc(-c2ccc(CN3CCCc4cc(C(N)=O)ccc43)cc2)n[nH]1. The lowest BCUT2D eigenvalue weighted by Gasteiger charge is -2.31. The number of primary amides is 3. The summed E-state index contributed by atoms with van der Waals surface area (Å²) in [7, 11) is 1.63. The summed E-state index contributed by atoms with van der Waals surface area (Å²) in [5.74, 6) is -0.626. The van der Waals surface area contributed by atoms with Crippen LogP contribution in [0.2, 0.25) is 0 Å². The highest BCUT2D eigenvalue weighted by Gasteiger charge is 2.21. The van der Waals surface area contributed by atoms with Crippen molar-refractivity contribution in [2.45, 2.75) is 84.8 Å². The van der Waals surface area contributed by atoms with Gasteiger partial charge in [0.15, 0.2) is 0 Å². The fraction of sp³-hybridized carbons (Fsp3) is 0.283. The third-order valence-corrected chi connectivity index (χ3v) is 13.9. The van der Waals surface area contributed by atoms with E-state index in [0.717, 1.165) is 106 Å². The third-order valence-electron chi connectivity index (χ3n) is 13.9. The average Bonchev–Trinajstić information content (AvgIpc) is 3.85. The molecule has 8 N–H and O–H groups in total. The summed E-state index contributed by atoms with van der Waals surface area (Å²) in [5.41, 5.74) is 34.0. The summed E-state index contributed by atoms with van der Waals surface area (Å²) in [6.45, 7) is 12.0. The number of nitrogens with one attached hydrogen (secondary N) is 2. The molecule has 0 fully saturated rings. The minimum absolute atomic E-state index is 0.0798. The van der Waals surface area contributed by atoms with E-state index < -0.39 is 0 Å². The van der Waals surface area contributed by atoms with E-state index in [-0.39, 0.29) is 23.6 Å². The molecule has 13 nitrogen and oxygen atoms in total. The fourth-order valence-electron chi connectivity index (χ4n) is 9.90. The molecular weight excluding hydrogens is 911 g/mol. The van der Waals surface area contributed by atoms with Crippen LogP contribution in [0.1, 0.15) is 125 Å². The van der Waals surface area contributed by atoms with Crippen LogP contribution >= 0.6 is 0 Å². The first-order valence-corrected chi connectivity index (χ1v) is 25.3. The van der Waals surface area contributed by atoms with Gasteiger partial charge in [-0.3, -0.25) is 24.3 Å². The number of nitrogens with zero attached hydrogens (tertiary/aromatic N) is 4. The molecule has 73 heavy (non-hydrogen) atoms. The number of aromatic amines is 1. The highest BCUT2D eigenvalue weighted by molar-refractivity contribution is 5.95.